The predicted molar refractivity (Wildman–Crippen MR) is 113 cm³/mol. The van der Waals surface area contributed by atoms with Crippen LogP contribution in [0.15, 0.2) is 60.7 Å². The van der Waals surface area contributed by atoms with E-state index < -0.39 is 24.0 Å². The maximum Gasteiger partial charge on any atom is 0.387 e. The molecule has 3 aromatic carbocycles. The minimum absolute atomic E-state index is 0.358. The lowest BCUT2D eigenvalue weighted by atomic mass is 9.99. The highest BCUT2D eigenvalue weighted by Gasteiger charge is 2.13. The van der Waals surface area contributed by atoms with Gasteiger partial charge in [0, 0.05) is 5.56 Å². The van der Waals surface area contributed by atoms with Crippen molar-refractivity contribution in [2.45, 2.75) is 39.2 Å². The van der Waals surface area contributed by atoms with E-state index in [-0.39, 0.29) is 0 Å². The Balaban J connectivity index is 1.70. The average Bonchev–Trinajstić information content (AvgIpc) is 2.75. The molecule has 0 aliphatic rings. The summed E-state index contributed by atoms with van der Waals surface area (Å²) in [4.78, 5) is 0. The minimum atomic E-state index is -3.12. The van der Waals surface area contributed by atoms with E-state index in [1.807, 2.05) is 0 Å². The van der Waals surface area contributed by atoms with E-state index >= 15 is 0 Å². The van der Waals surface area contributed by atoms with Crippen molar-refractivity contribution < 1.29 is 27.0 Å². The topological polar surface area (TPSA) is 18.5 Å². The fraction of sp³-hybridized carbons (Fsp3) is 0.280. The van der Waals surface area contributed by atoms with E-state index in [1.165, 1.54) is 25.0 Å². The number of halogens is 4. The molecule has 0 saturated heterocycles. The van der Waals surface area contributed by atoms with Gasteiger partial charge in [-0.25, -0.2) is 8.78 Å². The van der Waals surface area contributed by atoms with Crippen LogP contribution in [-0.2, 0) is 0 Å². The molecule has 6 heteroatoms. The lowest BCUT2D eigenvalue weighted by molar-refractivity contribution is -0.0521. The molecule has 0 N–H and O–H groups in total. The summed E-state index contributed by atoms with van der Waals surface area (Å²) in [5.41, 5.74) is 1.87. The third kappa shape index (κ3) is 6.23. The Morgan fingerprint density at radius 2 is 1.39 bits per heavy atom. The third-order valence-corrected chi connectivity index (χ3v) is 4.88. The quantitative estimate of drug-likeness (QED) is 0.240. The van der Waals surface area contributed by atoms with Crippen molar-refractivity contribution in [1.82, 2.24) is 0 Å². The zero-order chi connectivity index (χ0) is 22.2. The van der Waals surface area contributed by atoms with Crippen molar-refractivity contribution in [1.29, 1.82) is 0 Å². The Labute approximate surface area is 179 Å². The van der Waals surface area contributed by atoms with Gasteiger partial charge < -0.3 is 9.47 Å². The number of hydrogen-bond acceptors (Lipinski definition) is 2. The Kier molecular flexibility index (Phi) is 7.93. The third-order valence-electron chi connectivity index (χ3n) is 4.88. The van der Waals surface area contributed by atoms with E-state index in [0.29, 0.717) is 28.9 Å². The molecule has 0 fully saturated rings. The number of unbranched alkanes of at least 4 members (excludes halogenated alkanes) is 3. The summed E-state index contributed by atoms with van der Waals surface area (Å²) in [7, 11) is 0. The molecular weight excluding hydrogens is 408 g/mol. The molecule has 0 radical (unpaired) electrons. The van der Waals surface area contributed by atoms with Crippen LogP contribution in [0.1, 0.15) is 32.6 Å². The standard InChI is InChI=1S/C25H24F4O2/c1-2-3-4-5-14-30-20-10-6-17(7-11-20)21-12-8-18(15-22(21)26)19-9-13-24(23(27)16-19)31-25(28)29/h6-13,15-16,25H,2-5,14H2,1H3. The molecule has 0 spiro atoms. The predicted octanol–water partition coefficient (Wildman–Crippen LogP) is 7.86. The Morgan fingerprint density at radius 1 is 0.742 bits per heavy atom. The summed E-state index contributed by atoms with van der Waals surface area (Å²) in [5.74, 6) is -1.23. The van der Waals surface area contributed by atoms with Crippen molar-refractivity contribution in [3.63, 3.8) is 0 Å². The molecule has 0 amide bonds. The van der Waals surface area contributed by atoms with E-state index in [2.05, 4.69) is 11.7 Å². The van der Waals surface area contributed by atoms with Crippen LogP contribution in [0, 0.1) is 11.6 Å². The lowest BCUT2D eigenvalue weighted by Gasteiger charge is -2.10. The molecule has 164 valence electrons. The highest BCUT2D eigenvalue weighted by molar-refractivity contribution is 5.71. The molecular formula is C25H24F4O2. The fourth-order valence-electron chi connectivity index (χ4n) is 3.25. The van der Waals surface area contributed by atoms with Crippen LogP contribution < -0.4 is 9.47 Å². The van der Waals surface area contributed by atoms with Gasteiger partial charge >= 0.3 is 6.61 Å². The fourth-order valence-corrected chi connectivity index (χ4v) is 3.25. The van der Waals surface area contributed by atoms with Gasteiger partial charge in [-0.15, -0.1) is 0 Å². The van der Waals surface area contributed by atoms with E-state index in [4.69, 9.17) is 4.74 Å². The first-order chi connectivity index (χ1) is 15.0. The van der Waals surface area contributed by atoms with Gasteiger partial charge in [-0.05, 0) is 53.4 Å². The first-order valence-corrected chi connectivity index (χ1v) is 10.3. The zero-order valence-corrected chi connectivity index (χ0v) is 17.2. The zero-order valence-electron chi connectivity index (χ0n) is 17.2. The molecule has 0 atom stereocenters. The van der Waals surface area contributed by atoms with E-state index in [1.54, 1.807) is 36.4 Å². The molecule has 0 aromatic heterocycles. The Hall–Kier alpha value is -3.02. The van der Waals surface area contributed by atoms with E-state index in [9.17, 15) is 17.6 Å². The Morgan fingerprint density at radius 3 is 2.00 bits per heavy atom. The second kappa shape index (κ2) is 10.8. The molecule has 0 unspecified atom stereocenters. The van der Waals surface area contributed by atoms with Crippen LogP contribution in [0.25, 0.3) is 22.3 Å². The summed E-state index contributed by atoms with van der Waals surface area (Å²) >= 11 is 0. The molecule has 0 saturated carbocycles. The van der Waals surface area contributed by atoms with Gasteiger partial charge in [-0.1, -0.05) is 56.5 Å². The van der Waals surface area contributed by atoms with Gasteiger partial charge in [0.1, 0.15) is 11.6 Å². The molecule has 0 aliphatic heterocycles. The van der Waals surface area contributed by atoms with Crippen LogP contribution in [0.3, 0.4) is 0 Å². The summed E-state index contributed by atoms with van der Waals surface area (Å²) < 4.78 is 63.0. The van der Waals surface area contributed by atoms with Gasteiger partial charge in [-0.2, -0.15) is 8.78 Å². The first-order valence-electron chi connectivity index (χ1n) is 10.3. The van der Waals surface area contributed by atoms with E-state index in [0.717, 1.165) is 30.7 Å². The molecule has 3 aromatic rings. The molecule has 2 nitrogen and oxygen atoms in total. The summed E-state index contributed by atoms with van der Waals surface area (Å²) in [5, 5.41) is 0. The average molecular weight is 432 g/mol. The van der Waals surface area contributed by atoms with Crippen LogP contribution in [0.4, 0.5) is 17.6 Å². The van der Waals surface area contributed by atoms with Crippen molar-refractivity contribution >= 4 is 0 Å². The number of rotatable bonds is 10. The summed E-state index contributed by atoms with van der Waals surface area (Å²) in [6.07, 6.45) is 4.50. The summed E-state index contributed by atoms with van der Waals surface area (Å²) in [6.45, 7) is -0.305. The Bertz CT molecular complexity index is 987. The summed E-state index contributed by atoms with van der Waals surface area (Å²) in [6, 6.07) is 15.3. The highest BCUT2D eigenvalue weighted by Crippen LogP contribution is 2.31. The maximum absolute atomic E-state index is 14.7. The van der Waals surface area contributed by atoms with Crippen molar-refractivity contribution in [3.8, 4) is 33.8 Å². The van der Waals surface area contributed by atoms with Crippen LogP contribution >= 0.6 is 0 Å². The molecule has 0 aliphatic carbocycles. The minimum Gasteiger partial charge on any atom is -0.494 e. The number of alkyl halides is 2. The number of ether oxygens (including phenoxy) is 2. The first kappa shape index (κ1) is 22.7. The monoisotopic (exact) mass is 432 g/mol. The van der Waals surface area contributed by atoms with Crippen LogP contribution in [0.5, 0.6) is 11.5 Å². The van der Waals surface area contributed by atoms with Crippen molar-refractivity contribution in [2.75, 3.05) is 6.61 Å². The van der Waals surface area contributed by atoms with Gasteiger partial charge in [-0.3, -0.25) is 0 Å². The number of hydrogen-bond donors (Lipinski definition) is 0. The van der Waals surface area contributed by atoms with Crippen LogP contribution in [-0.4, -0.2) is 13.2 Å². The number of benzene rings is 3. The SMILES string of the molecule is CCCCCCOc1ccc(-c2ccc(-c3ccc(OC(F)F)c(F)c3)cc2F)cc1. The second-order valence-electron chi connectivity index (χ2n) is 7.15. The smallest absolute Gasteiger partial charge is 0.387 e. The highest BCUT2D eigenvalue weighted by atomic mass is 19.3. The molecule has 31 heavy (non-hydrogen) atoms. The second-order valence-corrected chi connectivity index (χ2v) is 7.15. The molecule has 0 bridgehead atoms. The van der Waals surface area contributed by atoms with Crippen molar-refractivity contribution in [3.05, 3.63) is 72.3 Å². The normalized spacial score (nSPS) is 11.0. The van der Waals surface area contributed by atoms with Crippen LogP contribution in [0.2, 0.25) is 0 Å². The molecule has 0 heterocycles. The van der Waals surface area contributed by atoms with Gasteiger partial charge in [0.05, 0.1) is 6.61 Å². The van der Waals surface area contributed by atoms with Gasteiger partial charge in [0.25, 0.3) is 0 Å². The van der Waals surface area contributed by atoms with Crippen molar-refractivity contribution in [2.24, 2.45) is 0 Å². The lowest BCUT2D eigenvalue weighted by Crippen LogP contribution is -2.03. The largest absolute Gasteiger partial charge is 0.494 e. The van der Waals surface area contributed by atoms with Gasteiger partial charge in [0.15, 0.2) is 11.6 Å². The van der Waals surface area contributed by atoms with Gasteiger partial charge in [0.2, 0.25) is 0 Å². The maximum atomic E-state index is 14.7. The molecule has 3 rings (SSSR count).